The number of rotatable bonds is 4. The summed E-state index contributed by atoms with van der Waals surface area (Å²) < 4.78 is 45.7. The number of ether oxygens (including phenoxy) is 1. The number of nitrogens with one attached hydrogen (secondary N) is 1. The van der Waals surface area contributed by atoms with Crippen molar-refractivity contribution in [3.05, 3.63) is 42.2 Å². The molecule has 0 fully saturated rings. The highest BCUT2D eigenvalue weighted by Crippen LogP contribution is 2.33. The van der Waals surface area contributed by atoms with Crippen LogP contribution in [0.2, 0.25) is 0 Å². The molecule has 0 radical (unpaired) electrons. The summed E-state index contributed by atoms with van der Waals surface area (Å²) in [6.45, 7) is 0. The number of hydrogen-bond acceptors (Lipinski definition) is 5. The van der Waals surface area contributed by atoms with Crippen LogP contribution in [0.1, 0.15) is 0 Å². The molecule has 3 aromatic rings. The molecule has 0 spiro atoms. The molecule has 8 heteroatoms. The standard InChI is InChI=1S/C15H13FN2O4S/c1-21-14-8-10(22-23(2,19)20)4-5-11(14)15-17-12-6-3-9(16)7-13(12)18-15/h3-8H,1-2H3,(H,17,18). The largest absolute Gasteiger partial charge is 0.496 e. The average Bonchev–Trinajstić information content (AvgIpc) is 2.88. The summed E-state index contributed by atoms with van der Waals surface area (Å²) in [5, 5.41) is 0. The molecule has 120 valence electrons. The molecule has 0 aliphatic carbocycles. The number of benzene rings is 2. The number of aromatic amines is 1. The lowest BCUT2D eigenvalue weighted by Gasteiger charge is -2.09. The molecule has 2 aromatic carbocycles. The van der Waals surface area contributed by atoms with Gasteiger partial charge in [0.2, 0.25) is 0 Å². The summed E-state index contributed by atoms with van der Waals surface area (Å²) in [5.74, 6) is 0.619. The Kier molecular flexibility index (Phi) is 3.69. The van der Waals surface area contributed by atoms with Gasteiger partial charge in [0.1, 0.15) is 23.1 Å². The van der Waals surface area contributed by atoms with Crippen molar-refractivity contribution in [1.29, 1.82) is 0 Å². The fourth-order valence-corrected chi connectivity index (χ4v) is 2.65. The van der Waals surface area contributed by atoms with Crippen LogP contribution in [0, 0.1) is 5.82 Å². The van der Waals surface area contributed by atoms with E-state index in [4.69, 9.17) is 8.92 Å². The molecule has 0 bridgehead atoms. The summed E-state index contributed by atoms with van der Waals surface area (Å²) in [7, 11) is -2.18. The zero-order valence-electron chi connectivity index (χ0n) is 12.3. The summed E-state index contributed by atoms with van der Waals surface area (Å²) in [5.41, 5.74) is 1.77. The van der Waals surface area contributed by atoms with Crippen LogP contribution in [-0.2, 0) is 10.1 Å². The van der Waals surface area contributed by atoms with Gasteiger partial charge in [0, 0.05) is 12.1 Å². The molecule has 0 saturated carbocycles. The molecule has 0 aliphatic rings. The number of hydrogen-bond donors (Lipinski definition) is 1. The van der Waals surface area contributed by atoms with Crippen LogP contribution >= 0.6 is 0 Å². The number of halogens is 1. The van der Waals surface area contributed by atoms with Crippen molar-refractivity contribution in [2.75, 3.05) is 13.4 Å². The lowest BCUT2D eigenvalue weighted by Crippen LogP contribution is -2.05. The molecule has 1 heterocycles. The molecule has 1 N–H and O–H groups in total. The maximum atomic E-state index is 13.3. The monoisotopic (exact) mass is 336 g/mol. The van der Waals surface area contributed by atoms with E-state index in [9.17, 15) is 12.8 Å². The van der Waals surface area contributed by atoms with E-state index in [-0.39, 0.29) is 11.6 Å². The molecule has 23 heavy (non-hydrogen) atoms. The van der Waals surface area contributed by atoms with Gasteiger partial charge in [0.05, 0.1) is 30.0 Å². The number of nitrogens with zero attached hydrogens (tertiary/aromatic N) is 1. The summed E-state index contributed by atoms with van der Waals surface area (Å²) in [6, 6.07) is 8.81. The number of aromatic nitrogens is 2. The van der Waals surface area contributed by atoms with E-state index < -0.39 is 10.1 Å². The molecular weight excluding hydrogens is 323 g/mol. The van der Waals surface area contributed by atoms with Crippen LogP contribution < -0.4 is 8.92 Å². The Bertz CT molecular complexity index is 982. The first-order valence-electron chi connectivity index (χ1n) is 6.59. The highest BCUT2D eigenvalue weighted by molar-refractivity contribution is 7.86. The predicted octanol–water partition coefficient (Wildman–Crippen LogP) is 2.72. The number of fused-ring (bicyclic) bond motifs is 1. The average molecular weight is 336 g/mol. The first-order chi connectivity index (χ1) is 10.9. The van der Waals surface area contributed by atoms with Crippen molar-refractivity contribution in [3.63, 3.8) is 0 Å². The zero-order chi connectivity index (χ0) is 16.6. The van der Waals surface area contributed by atoms with E-state index >= 15 is 0 Å². The Balaban J connectivity index is 2.07. The van der Waals surface area contributed by atoms with E-state index in [1.54, 1.807) is 12.1 Å². The van der Waals surface area contributed by atoms with Crippen LogP contribution in [0.15, 0.2) is 36.4 Å². The Hall–Kier alpha value is -2.61. The molecule has 0 amide bonds. The fraction of sp³-hybridized carbons (Fsp3) is 0.133. The van der Waals surface area contributed by atoms with Crippen LogP contribution in [0.4, 0.5) is 4.39 Å². The lowest BCUT2D eigenvalue weighted by molar-refractivity contribution is 0.413. The maximum Gasteiger partial charge on any atom is 0.306 e. The fourth-order valence-electron chi connectivity index (χ4n) is 2.20. The topological polar surface area (TPSA) is 81.3 Å². The van der Waals surface area contributed by atoms with Gasteiger partial charge in [-0.15, -0.1) is 0 Å². The quantitative estimate of drug-likeness (QED) is 0.741. The first-order valence-corrected chi connectivity index (χ1v) is 8.40. The smallest absolute Gasteiger partial charge is 0.306 e. The third-order valence-electron chi connectivity index (χ3n) is 3.12. The normalized spacial score (nSPS) is 11.6. The van der Waals surface area contributed by atoms with Gasteiger partial charge >= 0.3 is 10.1 Å². The molecular formula is C15H13FN2O4S. The van der Waals surface area contributed by atoms with Crippen LogP contribution in [0.3, 0.4) is 0 Å². The first kappa shape index (κ1) is 15.3. The summed E-state index contributed by atoms with van der Waals surface area (Å²) >= 11 is 0. The van der Waals surface area contributed by atoms with E-state index in [2.05, 4.69) is 9.97 Å². The summed E-state index contributed by atoms with van der Waals surface area (Å²) in [4.78, 5) is 7.39. The Morgan fingerprint density at radius 1 is 1.17 bits per heavy atom. The van der Waals surface area contributed by atoms with Gasteiger partial charge in [-0.05, 0) is 24.3 Å². The van der Waals surface area contributed by atoms with Gasteiger partial charge in [0.25, 0.3) is 0 Å². The van der Waals surface area contributed by atoms with Crippen molar-refractivity contribution in [2.24, 2.45) is 0 Å². The van der Waals surface area contributed by atoms with E-state index in [0.29, 0.717) is 28.2 Å². The molecule has 6 nitrogen and oxygen atoms in total. The SMILES string of the molecule is COc1cc(OS(C)(=O)=O)ccc1-c1nc2cc(F)ccc2[nH]1. The minimum absolute atomic E-state index is 0.134. The highest BCUT2D eigenvalue weighted by atomic mass is 32.2. The van der Waals surface area contributed by atoms with Crippen LogP contribution in [0.25, 0.3) is 22.4 Å². The van der Waals surface area contributed by atoms with Gasteiger partial charge in [0.15, 0.2) is 0 Å². The number of H-pyrrole nitrogens is 1. The second-order valence-electron chi connectivity index (χ2n) is 4.90. The highest BCUT2D eigenvalue weighted by Gasteiger charge is 2.14. The third-order valence-corrected chi connectivity index (χ3v) is 3.62. The van der Waals surface area contributed by atoms with Crippen molar-refractivity contribution in [3.8, 4) is 22.9 Å². The third kappa shape index (κ3) is 3.26. The molecule has 0 aliphatic heterocycles. The minimum Gasteiger partial charge on any atom is -0.496 e. The molecule has 0 saturated heterocycles. The number of methoxy groups -OCH3 is 1. The van der Waals surface area contributed by atoms with Gasteiger partial charge in [-0.1, -0.05) is 0 Å². The Labute approximate surface area is 132 Å². The second kappa shape index (κ2) is 5.54. The predicted molar refractivity (Wildman–Crippen MR) is 83.5 cm³/mol. The van der Waals surface area contributed by atoms with Crippen molar-refractivity contribution >= 4 is 21.2 Å². The van der Waals surface area contributed by atoms with Crippen molar-refractivity contribution < 1.29 is 21.7 Å². The van der Waals surface area contributed by atoms with E-state index in [0.717, 1.165) is 6.26 Å². The van der Waals surface area contributed by atoms with Crippen LogP contribution in [0.5, 0.6) is 11.5 Å². The van der Waals surface area contributed by atoms with E-state index in [1.165, 1.54) is 31.4 Å². The van der Waals surface area contributed by atoms with Crippen LogP contribution in [-0.4, -0.2) is 31.8 Å². The minimum atomic E-state index is -3.63. The van der Waals surface area contributed by atoms with Crippen molar-refractivity contribution in [2.45, 2.75) is 0 Å². The molecule has 0 atom stereocenters. The molecule has 0 unspecified atom stereocenters. The summed E-state index contributed by atoms with van der Waals surface area (Å²) in [6.07, 6.45) is 0.960. The molecule has 3 rings (SSSR count). The van der Waals surface area contributed by atoms with Gasteiger partial charge < -0.3 is 13.9 Å². The zero-order valence-corrected chi connectivity index (χ0v) is 13.1. The number of imidazole rings is 1. The molecule has 1 aromatic heterocycles. The van der Waals surface area contributed by atoms with Gasteiger partial charge in [-0.25, -0.2) is 9.37 Å². The van der Waals surface area contributed by atoms with E-state index in [1.807, 2.05) is 0 Å². The van der Waals surface area contributed by atoms with Crippen molar-refractivity contribution in [1.82, 2.24) is 9.97 Å². The van der Waals surface area contributed by atoms with Gasteiger partial charge in [-0.3, -0.25) is 0 Å². The lowest BCUT2D eigenvalue weighted by atomic mass is 10.2. The Morgan fingerprint density at radius 3 is 2.65 bits per heavy atom. The second-order valence-corrected chi connectivity index (χ2v) is 6.47. The van der Waals surface area contributed by atoms with Gasteiger partial charge in [-0.2, -0.15) is 8.42 Å². The Morgan fingerprint density at radius 2 is 1.96 bits per heavy atom. The maximum absolute atomic E-state index is 13.3.